The number of ether oxygens (including phenoxy) is 1. The number of thiol groups is 1. The highest BCUT2D eigenvalue weighted by molar-refractivity contribution is 7.80. The summed E-state index contributed by atoms with van der Waals surface area (Å²) in [6, 6.07) is 28.1. The highest BCUT2D eigenvalue weighted by atomic mass is 32.1. The first kappa shape index (κ1) is 15.2. The molecule has 2 heteroatoms. The Morgan fingerprint density at radius 3 is 1.71 bits per heavy atom. The van der Waals surface area contributed by atoms with Crippen molar-refractivity contribution >= 4 is 12.6 Å². The Morgan fingerprint density at radius 2 is 1.19 bits per heavy atom. The van der Waals surface area contributed by atoms with Gasteiger partial charge in [0.1, 0.15) is 5.75 Å². The van der Waals surface area contributed by atoms with Crippen LogP contribution in [0.25, 0.3) is 11.1 Å². The van der Waals surface area contributed by atoms with E-state index in [4.69, 9.17) is 4.74 Å². The van der Waals surface area contributed by atoms with E-state index in [1.807, 2.05) is 66.7 Å². The van der Waals surface area contributed by atoms with Gasteiger partial charge in [-0.25, -0.2) is 0 Å². The molecular weight excluding hydrogens is 276 g/mol. The highest BCUT2D eigenvalue weighted by Crippen LogP contribution is 2.28. The maximum Gasteiger partial charge on any atom is 0.126 e. The van der Waals surface area contributed by atoms with E-state index in [-0.39, 0.29) is 0 Å². The van der Waals surface area contributed by atoms with Crippen LogP contribution in [0.4, 0.5) is 0 Å². The van der Waals surface area contributed by atoms with Gasteiger partial charge in [0.05, 0.1) is 7.11 Å². The van der Waals surface area contributed by atoms with Crippen LogP contribution in [-0.4, -0.2) is 7.11 Å². The van der Waals surface area contributed by atoms with Gasteiger partial charge in [0.25, 0.3) is 0 Å². The zero-order valence-electron chi connectivity index (χ0n) is 11.9. The summed E-state index contributed by atoms with van der Waals surface area (Å²) in [6.45, 7) is 0. The van der Waals surface area contributed by atoms with Crippen LogP contribution in [0.5, 0.6) is 5.75 Å². The van der Waals surface area contributed by atoms with Gasteiger partial charge in [0.2, 0.25) is 0 Å². The van der Waals surface area contributed by atoms with Crippen LogP contribution in [0.1, 0.15) is 0 Å². The Morgan fingerprint density at radius 1 is 0.667 bits per heavy atom. The number of rotatable bonds is 2. The van der Waals surface area contributed by atoms with Crippen molar-refractivity contribution in [1.82, 2.24) is 0 Å². The minimum absolute atomic E-state index is 0.915. The van der Waals surface area contributed by atoms with Crippen molar-refractivity contribution in [3.05, 3.63) is 84.9 Å². The second-order valence-electron chi connectivity index (χ2n) is 4.40. The van der Waals surface area contributed by atoms with Gasteiger partial charge in [0.15, 0.2) is 0 Å². The summed E-state index contributed by atoms with van der Waals surface area (Å²) in [4.78, 5) is 1.02. The molecule has 0 spiro atoms. The number of hydrogen-bond acceptors (Lipinski definition) is 2. The average Bonchev–Trinajstić information content (AvgIpc) is 2.57. The summed E-state index contributed by atoms with van der Waals surface area (Å²) in [5, 5.41) is 0. The second-order valence-corrected chi connectivity index (χ2v) is 4.92. The van der Waals surface area contributed by atoms with Crippen LogP contribution >= 0.6 is 12.6 Å². The third kappa shape index (κ3) is 4.69. The summed E-state index contributed by atoms with van der Waals surface area (Å²) in [5.41, 5.74) is 2.32. The molecule has 0 aromatic heterocycles. The number of hydrogen-bond donors (Lipinski definition) is 1. The second kappa shape index (κ2) is 8.18. The molecule has 0 bridgehead atoms. The molecule has 3 rings (SSSR count). The normalized spacial score (nSPS) is 9.43. The summed E-state index contributed by atoms with van der Waals surface area (Å²) < 4.78 is 5.30. The standard InChI is InChI=1S/C13H12O.C6H6S/c1-14-13-10-6-5-9-12(13)11-7-3-2-4-8-11;7-6-4-2-1-3-5-6/h2-10H,1H3;1-5,7H. The van der Waals surface area contributed by atoms with Gasteiger partial charge < -0.3 is 4.74 Å². The Labute approximate surface area is 131 Å². The SMILES string of the molecule is COc1ccccc1-c1ccccc1.Sc1ccccc1. The van der Waals surface area contributed by atoms with Crippen LogP contribution in [0, 0.1) is 0 Å². The van der Waals surface area contributed by atoms with Crippen LogP contribution in [0.3, 0.4) is 0 Å². The molecule has 0 radical (unpaired) electrons. The number of methoxy groups -OCH3 is 1. The van der Waals surface area contributed by atoms with Crippen molar-refractivity contribution < 1.29 is 4.74 Å². The molecule has 21 heavy (non-hydrogen) atoms. The highest BCUT2D eigenvalue weighted by Gasteiger charge is 2.02. The van der Waals surface area contributed by atoms with Crippen molar-refractivity contribution in [1.29, 1.82) is 0 Å². The van der Waals surface area contributed by atoms with Crippen molar-refractivity contribution in [3.63, 3.8) is 0 Å². The average molecular weight is 294 g/mol. The van der Waals surface area contributed by atoms with Gasteiger partial charge in [-0.2, -0.15) is 0 Å². The smallest absolute Gasteiger partial charge is 0.126 e. The fourth-order valence-corrected chi connectivity index (χ4v) is 2.10. The van der Waals surface area contributed by atoms with Crippen molar-refractivity contribution in [2.24, 2.45) is 0 Å². The first-order valence-corrected chi connectivity index (χ1v) is 7.18. The van der Waals surface area contributed by atoms with E-state index in [0.717, 1.165) is 16.2 Å². The summed E-state index contributed by atoms with van der Waals surface area (Å²) >= 11 is 4.08. The summed E-state index contributed by atoms with van der Waals surface area (Å²) in [6.07, 6.45) is 0. The topological polar surface area (TPSA) is 9.23 Å². The number of para-hydroxylation sites is 1. The van der Waals surface area contributed by atoms with Gasteiger partial charge in [-0.05, 0) is 23.8 Å². The third-order valence-electron chi connectivity index (χ3n) is 2.95. The zero-order chi connectivity index (χ0) is 14.9. The van der Waals surface area contributed by atoms with Gasteiger partial charge in [0, 0.05) is 10.5 Å². The van der Waals surface area contributed by atoms with E-state index in [0.29, 0.717) is 0 Å². The van der Waals surface area contributed by atoms with Crippen LogP contribution < -0.4 is 4.74 Å². The fraction of sp³-hybridized carbons (Fsp3) is 0.0526. The molecule has 0 unspecified atom stereocenters. The lowest BCUT2D eigenvalue weighted by molar-refractivity contribution is 0.416. The quantitative estimate of drug-likeness (QED) is 0.628. The summed E-state index contributed by atoms with van der Waals surface area (Å²) in [7, 11) is 1.70. The molecule has 0 saturated carbocycles. The largest absolute Gasteiger partial charge is 0.496 e. The van der Waals surface area contributed by atoms with Gasteiger partial charge in [-0.15, -0.1) is 12.6 Å². The van der Waals surface area contributed by atoms with Crippen molar-refractivity contribution in [3.8, 4) is 16.9 Å². The zero-order valence-corrected chi connectivity index (χ0v) is 12.8. The minimum Gasteiger partial charge on any atom is -0.496 e. The van der Waals surface area contributed by atoms with E-state index >= 15 is 0 Å². The van der Waals surface area contributed by atoms with Crippen LogP contribution in [0.2, 0.25) is 0 Å². The van der Waals surface area contributed by atoms with Gasteiger partial charge >= 0.3 is 0 Å². The number of benzene rings is 3. The molecule has 0 saturated heterocycles. The molecule has 1 nitrogen and oxygen atoms in total. The maximum atomic E-state index is 5.30. The lowest BCUT2D eigenvalue weighted by atomic mass is 10.1. The molecule has 0 aliphatic rings. The molecule has 0 aliphatic carbocycles. The molecule has 0 amide bonds. The molecule has 3 aromatic carbocycles. The fourth-order valence-electron chi connectivity index (χ4n) is 1.93. The van der Waals surface area contributed by atoms with Gasteiger partial charge in [-0.3, -0.25) is 0 Å². The summed E-state index contributed by atoms with van der Waals surface area (Å²) in [5.74, 6) is 0.915. The van der Waals surface area contributed by atoms with Crippen molar-refractivity contribution in [2.75, 3.05) is 7.11 Å². The Balaban J connectivity index is 0.000000194. The molecule has 0 N–H and O–H groups in total. The lowest BCUT2D eigenvalue weighted by Crippen LogP contribution is -1.86. The lowest BCUT2D eigenvalue weighted by Gasteiger charge is -2.07. The monoisotopic (exact) mass is 294 g/mol. The van der Waals surface area contributed by atoms with E-state index < -0.39 is 0 Å². The first-order valence-electron chi connectivity index (χ1n) is 6.73. The molecular formula is C19H18OS. The predicted octanol–water partition coefficient (Wildman–Crippen LogP) is 5.34. The predicted molar refractivity (Wildman–Crippen MR) is 92.1 cm³/mol. The van der Waals surface area contributed by atoms with Crippen molar-refractivity contribution in [2.45, 2.75) is 4.90 Å². The molecule has 3 aromatic rings. The third-order valence-corrected chi connectivity index (χ3v) is 3.25. The molecule has 0 atom stereocenters. The van der Waals surface area contributed by atoms with E-state index in [9.17, 15) is 0 Å². The van der Waals surface area contributed by atoms with E-state index in [1.165, 1.54) is 5.56 Å². The maximum absolute atomic E-state index is 5.30. The molecule has 106 valence electrons. The van der Waals surface area contributed by atoms with Gasteiger partial charge in [-0.1, -0.05) is 66.7 Å². The Bertz CT molecular complexity index is 651. The minimum atomic E-state index is 0.915. The van der Waals surface area contributed by atoms with E-state index in [1.54, 1.807) is 7.11 Å². The Hall–Kier alpha value is -2.19. The van der Waals surface area contributed by atoms with Crippen LogP contribution in [0.15, 0.2) is 89.8 Å². The van der Waals surface area contributed by atoms with E-state index in [2.05, 4.69) is 30.8 Å². The first-order chi connectivity index (χ1) is 10.3. The van der Waals surface area contributed by atoms with Crippen LogP contribution in [-0.2, 0) is 0 Å². The molecule has 0 fully saturated rings. The Kier molecular flexibility index (Phi) is 5.92. The molecule has 0 aliphatic heterocycles. The molecule has 0 heterocycles.